The molecular weight excluding hydrogens is 312 g/mol. The van der Waals surface area contributed by atoms with Crippen molar-refractivity contribution in [3.05, 3.63) is 59.9 Å². The molecule has 130 valence electrons. The first-order valence-electron chi connectivity index (χ1n) is 9.05. The van der Waals surface area contributed by atoms with Crippen LogP contribution >= 0.6 is 0 Å². The molecule has 25 heavy (non-hydrogen) atoms. The molecule has 1 aliphatic heterocycles. The van der Waals surface area contributed by atoms with E-state index in [-0.39, 0.29) is 5.91 Å². The Morgan fingerprint density at radius 3 is 2.56 bits per heavy atom. The Hall–Kier alpha value is -2.40. The second kappa shape index (κ2) is 7.23. The number of hydrogen-bond donors (Lipinski definition) is 1. The summed E-state index contributed by atoms with van der Waals surface area (Å²) in [7, 11) is 0. The van der Waals surface area contributed by atoms with Gasteiger partial charge in [0.1, 0.15) is 0 Å². The number of benzene rings is 1. The van der Waals surface area contributed by atoms with E-state index in [4.69, 9.17) is 0 Å². The average molecular weight is 336 g/mol. The van der Waals surface area contributed by atoms with E-state index in [0.29, 0.717) is 11.6 Å². The number of amides is 1. The lowest BCUT2D eigenvalue weighted by atomic mass is 10.2. The molecule has 2 heterocycles. The summed E-state index contributed by atoms with van der Waals surface area (Å²) >= 11 is 0. The smallest absolute Gasteiger partial charge is 0.255 e. The summed E-state index contributed by atoms with van der Waals surface area (Å²) in [5.41, 5.74) is 2.96. The van der Waals surface area contributed by atoms with Crippen LogP contribution in [-0.2, 0) is 6.54 Å². The number of nitrogens with zero attached hydrogens (tertiary/aromatic N) is 3. The third kappa shape index (κ3) is 4.17. The number of carbonyl (C=O) groups excluding carboxylic acids is 1. The normalized spacial score (nSPS) is 18.2. The summed E-state index contributed by atoms with van der Waals surface area (Å²) in [5, 5.41) is 3.41. The summed E-state index contributed by atoms with van der Waals surface area (Å²) in [6.07, 6.45) is 5.90. The zero-order chi connectivity index (χ0) is 17.1. The predicted molar refractivity (Wildman–Crippen MR) is 98.5 cm³/mol. The molecule has 1 aliphatic carbocycles. The maximum Gasteiger partial charge on any atom is 0.255 e. The molecule has 4 rings (SSSR count). The lowest BCUT2D eigenvalue weighted by molar-refractivity contribution is 0.0628. The van der Waals surface area contributed by atoms with Gasteiger partial charge in [-0.15, -0.1) is 0 Å². The highest BCUT2D eigenvalue weighted by atomic mass is 16.2. The van der Waals surface area contributed by atoms with E-state index in [2.05, 4.69) is 39.5 Å². The van der Waals surface area contributed by atoms with Crippen molar-refractivity contribution in [2.24, 2.45) is 0 Å². The molecule has 1 N–H and O–H groups in total. The third-order valence-electron chi connectivity index (χ3n) is 4.84. The molecular formula is C20H24N4O. The van der Waals surface area contributed by atoms with Crippen LogP contribution in [0.5, 0.6) is 0 Å². The van der Waals surface area contributed by atoms with Gasteiger partial charge in [-0.05, 0) is 24.5 Å². The van der Waals surface area contributed by atoms with Gasteiger partial charge in [-0.1, -0.05) is 30.3 Å². The largest absolute Gasteiger partial charge is 0.381 e. The number of hydrogen-bond acceptors (Lipinski definition) is 4. The lowest BCUT2D eigenvalue weighted by Crippen LogP contribution is -2.48. The van der Waals surface area contributed by atoms with Crippen molar-refractivity contribution in [1.82, 2.24) is 14.8 Å². The van der Waals surface area contributed by atoms with Crippen LogP contribution in [0, 0.1) is 0 Å². The number of rotatable bonds is 5. The fraction of sp³-hybridized carbons (Fsp3) is 0.400. The monoisotopic (exact) mass is 336 g/mol. The van der Waals surface area contributed by atoms with E-state index in [1.165, 1.54) is 18.4 Å². The quantitative estimate of drug-likeness (QED) is 0.912. The standard InChI is InChI=1S/C20H24N4O/c25-20(17-12-19(14-21-13-17)22-18-6-7-18)24-10-8-23(9-11-24)15-16-4-2-1-3-5-16/h1-5,12-14,18,22H,6-11,15H2. The molecule has 0 spiro atoms. The Balaban J connectivity index is 1.33. The van der Waals surface area contributed by atoms with Gasteiger partial charge in [-0.3, -0.25) is 14.7 Å². The SMILES string of the molecule is O=C(c1cncc(NC2CC2)c1)N1CCN(Cc2ccccc2)CC1. The van der Waals surface area contributed by atoms with Crippen molar-refractivity contribution < 1.29 is 4.79 Å². The van der Waals surface area contributed by atoms with E-state index in [9.17, 15) is 4.79 Å². The summed E-state index contributed by atoms with van der Waals surface area (Å²) < 4.78 is 0. The van der Waals surface area contributed by atoms with Crippen molar-refractivity contribution in [3.8, 4) is 0 Å². The molecule has 1 aromatic carbocycles. The molecule has 5 nitrogen and oxygen atoms in total. The Kier molecular flexibility index (Phi) is 4.65. The van der Waals surface area contributed by atoms with Gasteiger partial charge in [0.05, 0.1) is 11.3 Å². The third-order valence-corrected chi connectivity index (χ3v) is 4.84. The Labute approximate surface area is 148 Å². The van der Waals surface area contributed by atoms with Gasteiger partial charge in [0.15, 0.2) is 0 Å². The first kappa shape index (κ1) is 16.1. The first-order chi connectivity index (χ1) is 12.3. The molecule has 1 saturated heterocycles. The van der Waals surface area contributed by atoms with E-state index in [1.54, 1.807) is 12.4 Å². The summed E-state index contributed by atoms with van der Waals surface area (Å²) in [5.74, 6) is 0.0892. The predicted octanol–water partition coefficient (Wildman–Crippen LogP) is 2.61. The Bertz CT molecular complexity index is 721. The molecule has 1 aromatic heterocycles. The summed E-state index contributed by atoms with van der Waals surface area (Å²) in [6, 6.07) is 13.0. The van der Waals surface area contributed by atoms with Crippen molar-refractivity contribution in [3.63, 3.8) is 0 Å². The van der Waals surface area contributed by atoms with Crippen LogP contribution in [0.3, 0.4) is 0 Å². The number of nitrogens with one attached hydrogen (secondary N) is 1. The molecule has 0 bridgehead atoms. The Morgan fingerprint density at radius 2 is 1.84 bits per heavy atom. The number of piperazine rings is 1. The van der Waals surface area contributed by atoms with Crippen molar-refractivity contribution in [2.45, 2.75) is 25.4 Å². The fourth-order valence-corrected chi connectivity index (χ4v) is 3.23. The topological polar surface area (TPSA) is 48.5 Å². The molecule has 2 aromatic rings. The van der Waals surface area contributed by atoms with Crippen LogP contribution in [0.25, 0.3) is 0 Å². The van der Waals surface area contributed by atoms with Crippen molar-refractivity contribution in [1.29, 1.82) is 0 Å². The molecule has 2 aliphatic rings. The van der Waals surface area contributed by atoms with E-state index in [1.807, 2.05) is 17.0 Å². The Morgan fingerprint density at radius 1 is 1.08 bits per heavy atom. The van der Waals surface area contributed by atoms with Gasteiger partial charge in [0.25, 0.3) is 5.91 Å². The zero-order valence-electron chi connectivity index (χ0n) is 14.4. The van der Waals surface area contributed by atoms with Gasteiger partial charge < -0.3 is 10.2 Å². The molecule has 1 amide bonds. The molecule has 0 radical (unpaired) electrons. The van der Waals surface area contributed by atoms with Crippen LogP contribution in [0.15, 0.2) is 48.8 Å². The fourth-order valence-electron chi connectivity index (χ4n) is 3.23. The van der Waals surface area contributed by atoms with E-state index >= 15 is 0 Å². The number of pyridine rings is 1. The second-order valence-corrected chi connectivity index (χ2v) is 6.93. The van der Waals surface area contributed by atoms with Gasteiger partial charge in [0, 0.05) is 51.2 Å². The van der Waals surface area contributed by atoms with Crippen LogP contribution in [0.2, 0.25) is 0 Å². The molecule has 0 unspecified atom stereocenters. The minimum absolute atomic E-state index is 0.0892. The van der Waals surface area contributed by atoms with Gasteiger partial charge >= 0.3 is 0 Å². The number of aromatic nitrogens is 1. The van der Waals surface area contributed by atoms with Crippen molar-refractivity contribution in [2.75, 3.05) is 31.5 Å². The van der Waals surface area contributed by atoms with Crippen LogP contribution < -0.4 is 5.32 Å². The molecule has 2 fully saturated rings. The van der Waals surface area contributed by atoms with Gasteiger partial charge in [-0.25, -0.2) is 0 Å². The minimum Gasteiger partial charge on any atom is -0.381 e. The van der Waals surface area contributed by atoms with Crippen LogP contribution in [0.4, 0.5) is 5.69 Å². The van der Waals surface area contributed by atoms with Crippen LogP contribution in [0.1, 0.15) is 28.8 Å². The highest BCUT2D eigenvalue weighted by Crippen LogP contribution is 2.24. The van der Waals surface area contributed by atoms with Gasteiger partial charge in [-0.2, -0.15) is 0 Å². The maximum atomic E-state index is 12.8. The summed E-state index contributed by atoms with van der Waals surface area (Å²) in [4.78, 5) is 21.3. The molecule has 5 heteroatoms. The van der Waals surface area contributed by atoms with Gasteiger partial charge in [0.2, 0.25) is 0 Å². The lowest BCUT2D eigenvalue weighted by Gasteiger charge is -2.34. The first-order valence-corrected chi connectivity index (χ1v) is 9.05. The highest BCUT2D eigenvalue weighted by molar-refractivity contribution is 5.94. The highest BCUT2D eigenvalue weighted by Gasteiger charge is 2.24. The van der Waals surface area contributed by atoms with E-state index in [0.717, 1.165) is 38.4 Å². The number of carbonyl (C=O) groups is 1. The molecule has 1 saturated carbocycles. The molecule has 0 atom stereocenters. The average Bonchev–Trinajstić information content (AvgIpc) is 3.47. The van der Waals surface area contributed by atoms with E-state index < -0.39 is 0 Å². The second-order valence-electron chi connectivity index (χ2n) is 6.93. The van der Waals surface area contributed by atoms with Crippen molar-refractivity contribution >= 4 is 11.6 Å². The minimum atomic E-state index is 0.0892. The van der Waals surface area contributed by atoms with Crippen LogP contribution in [-0.4, -0.2) is 52.9 Å². The zero-order valence-corrected chi connectivity index (χ0v) is 14.4. The maximum absolute atomic E-state index is 12.8. The summed E-state index contributed by atoms with van der Waals surface area (Å²) in [6.45, 7) is 4.31. The number of anilines is 1.